The summed E-state index contributed by atoms with van der Waals surface area (Å²) in [4.78, 5) is 61.0. The number of carbonyl (C=O) groups excluding carboxylic acids is 4. The van der Waals surface area contributed by atoms with Crippen molar-refractivity contribution in [3.8, 4) is 0 Å². The molecule has 1 aliphatic carbocycles. The number of ether oxygens (including phenoxy) is 2. The van der Waals surface area contributed by atoms with Gasteiger partial charge in [-0.25, -0.2) is 4.39 Å². The number of piperidine rings is 2. The van der Waals surface area contributed by atoms with Crippen molar-refractivity contribution in [2.45, 2.75) is 114 Å². The Morgan fingerprint density at radius 1 is 0.847 bits per heavy atom. The second-order valence-corrected chi connectivity index (χ2v) is 21.1. The summed E-state index contributed by atoms with van der Waals surface area (Å²) in [7, 11) is 1.88. The van der Waals surface area contributed by atoms with Gasteiger partial charge in [-0.2, -0.15) is 13.2 Å². The van der Waals surface area contributed by atoms with Crippen LogP contribution in [0.15, 0.2) is 54.9 Å². The van der Waals surface area contributed by atoms with E-state index in [9.17, 15) is 32.3 Å². The van der Waals surface area contributed by atoms with Crippen molar-refractivity contribution in [1.82, 2.24) is 34.8 Å². The Balaban J connectivity index is 0.650. The van der Waals surface area contributed by atoms with E-state index < -0.39 is 41.3 Å². The molecule has 1 aromatic heterocycles. The van der Waals surface area contributed by atoms with Crippen molar-refractivity contribution >= 4 is 35.0 Å². The van der Waals surface area contributed by atoms with Crippen LogP contribution in [-0.2, 0) is 57.2 Å². The third kappa shape index (κ3) is 9.19. The highest BCUT2D eigenvalue weighted by Gasteiger charge is 2.45. The first-order valence-corrected chi connectivity index (χ1v) is 25.5. The molecule has 7 heterocycles. The number of imide groups is 1. The molecule has 11 rings (SSSR count). The van der Waals surface area contributed by atoms with Gasteiger partial charge in [0.2, 0.25) is 11.8 Å². The lowest BCUT2D eigenvalue weighted by atomic mass is 9.75. The lowest BCUT2D eigenvalue weighted by molar-refractivity contribution is -0.138. The monoisotopic (exact) mass is 995 g/mol. The van der Waals surface area contributed by atoms with Gasteiger partial charge in [-0.3, -0.25) is 29.4 Å². The zero-order valence-corrected chi connectivity index (χ0v) is 40.8. The van der Waals surface area contributed by atoms with E-state index in [2.05, 4.69) is 25.3 Å². The van der Waals surface area contributed by atoms with Gasteiger partial charge in [-0.05, 0) is 111 Å². The predicted molar refractivity (Wildman–Crippen MR) is 257 cm³/mol. The SMILES string of the molecule is CC(c1cc2c(c(C(F)(F)F)c1)CN(c1cccc(C3(Cc4nncn4C)COC3)c1)C2=O)N1CCN(CC2CCC(OC3CCN(c4ccc5c(c4F)CN(C4CCC(=O)NC4=O)C5=O)CC3)CC2)CC1. The number of piperazine rings is 1. The molecule has 19 heteroatoms. The number of aryl methyl sites for hydroxylation is 1. The van der Waals surface area contributed by atoms with Crippen LogP contribution in [0, 0.1) is 11.7 Å². The van der Waals surface area contributed by atoms with Gasteiger partial charge in [-0.1, -0.05) is 12.1 Å². The average molecular weight is 996 g/mol. The number of alkyl halides is 3. The summed E-state index contributed by atoms with van der Waals surface area (Å²) < 4.78 is 74.7. The third-order valence-corrected chi connectivity index (χ3v) is 16.7. The van der Waals surface area contributed by atoms with Crippen molar-refractivity contribution in [3.63, 3.8) is 0 Å². The fourth-order valence-electron chi connectivity index (χ4n) is 12.3. The molecule has 2 unspecified atom stereocenters. The number of fused-ring (bicyclic) bond motifs is 2. The van der Waals surface area contributed by atoms with Gasteiger partial charge < -0.3 is 33.6 Å². The van der Waals surface area contributed by atoms with Crippen molar-refractivity contribution in [1.29, 1.82) is 0 Å². The quantitative estimate of drug-likeness (QED) is 0.126. The number of rotatable bonds is 12. The number of halogens is 4. The Morgan fingerprint density at radius 3 is 2.28 bits per heavy atom. The van der Waals surface area contributed by atoms with Crippen LogP contribution < -0.4 is 15.1 Å². The molecular weight excluding hydrogens is 935 g/mol. The van der Waals surface area contributed by atoms with E-state index in [1.165, 1.54) is 15.9 Å². The summed E-state index contributed by atoms with van der Waals surface area (Å²) >= 11 is 0. The van der Waals surface area contributed by atoms with Crippen LogP contribution in [0.2, 0.25) is 0 Å². The maximum Gasteiger partial charge on any atom is 0.416 e. The van der Waals surface area contributed by atoms with Crippen molar-refractivity contribution < 1.29 is 46.2 Å². The first-order chi connectivity index (χ1) is 34.6. The number of carbonyl (C=O) groups is 4. The van der Waals surface area contributed by atoms with Crippen molar-refractivity contribution in [2.75, 3.05) is 68.8 Å². The smallest absolute Gasteiger partial charge is 0.379 e. The summed E-state index contributed by atoms with van der Waals surface area (Å²) in [5, 5.41) is 10.6. The van der Waals surface area contributed by atoms with Crippen LogP contribution in [0.3, 0.4) is 0 Å². The molecule has 4 aromatic rings. The van der Waals surface area contributed by atoms with Gasteiger partial charge in [-0.15, -0.1) is 10.2 Å². The van der Waals surface area contributed by atoms with Crippen molar-refractivity contribution in [2.24, 2.45) is 13.0 Å². The summed E-state index contributed by atoms with van der Waals surface area (Å²) in [6.07, 6.45) is 3.77. The Bertz CT molecular complexity index is 2760. The Morgan fingerprint density at radius 2 is 1.60 bits per heavy atom. The van der Waals surface area contributed by atoms with Gasteiger partial charge in [0.15, 0.2) is 5.82 Å². The number of benzene rings is 3. The van der Waals surface area contributed by atoms with Crippen LogP contribution >= 0.6 is 0 Å². The van der Waals surface area contributed by atoms with E-state index in [0.717, 1.165) is 69.5 Å². The number of nitrogens with zero attached hydrogens (tertiary/aromatic N) is 8. The molecule has 7 aliphatic rings. The molecule has 382 valence electrons. The number of aromatic nitrogens is 3. The number of hydrogen-bond donors (Lipinski definition) is 1. The lowest BCUT2D eigenvalue weighted by Crippen LogP contribution is -2.52. The standard InChI is InChI=1S/C53H61F4N9O6/c1-32(34-22-40-41(43(23-34)53(55,56)57)27-65(51(40)70)36-5-3-4-35(24-36)52(29-71-30-52)25-46-60-58-31-61(46)2)63-20-18-62(19-21-63)26-33-6-8-37(9-7-33)72-38-14-16-64(17-15-38)44-11-10-39-42(48(44)54)28-66(50(39)69)45-12-13-47(67)59-49(45)68/h3-5,10-11,22-24,31-33,37-38,45H,6-9,12-21,25-30H2,1-2H3,(H,59,67,68). The van der Waals surface area contributed by atoms with Crippen LogP contribution in [0.1, 0.15) is 119 Å². The number of hydrogen-bond acceptors (Lipinski definition) is 11. The second kappa shape index (κ2) is 19.3. The predicted octanol–water partition coefficient (Wildman–Crippen LogP) is 6.33. The zero-order chi connectivity index (χ0) is 50.1. The fourth-order valence-corrected chi connectivity index (χ4v) is 12.3. The molecule has 3 aromatic carbocycles. The van der Waals surface area contributed by atoms with E-state index in [-0.39, 0.29) is 72.2 Å². The molecular formula is C53H61F4N9O6. The molecule has 72 heavy (non-hydrogen) atoms. The summed E-state index contributed by atoms with van der Waals surface area (Å²) in [6.45, 7) is 7.93. The van der Waals surface area contributed by atoms with E-state index >= 15 is 4.39 Å². The van der Waals surface area contributed by atoms with E-state index in [1.807, 2.05) is 41.6 Å². The molecule has 5 fully saturated rings. The molecule has 4 saturated heterocycles. The highest BCUT2D eigenvalue weighted by molar-refractivity contribution is 6.10. The normalized spacial score (nSPS) is 24.6. The van der Waals surface area contributed by atoms with Gasteiger partial charge in [0.25, 0.3) is 11.8 Å². The maximum atomic E-state index is 16.0. The van der Waals surface area contributed by atoms with Crippen LogP contribution in [-0.4, -0.2) is 130 Å². The first kappa shape index (κ1) is 48.5. The topological polar surface area (TPSA) is 146 Å². The first-order valence-electron chi connectivity index (χ1n) is 25.5. The summed E-state index contributed by atoms with van der Waals surface area (Å²) in [5.41, 5.74) is 1.96. The minimum absolute atomic E-state index is 0.00436. The molecule has 15 nitrogen and oxygen atoms in total. The van der Waals surface area contributed by atoms with Crippen LogP contribution in [0.25, 0.3) is 0 Å². The zero-order valence-electron chi connectivity index (χ0n) is 40.8. The fraction of sp³-hybridized carbons (Fsp3) is 0.547. The Hall–Kier alpha value is -5.76. The van der Waals surface area contributed by atoms with E-state index in [1.54, 1.807) is 30.6 Å². The van der Waals surface area contributed by atoms with Gasteiger partial charge in [0, 0.05) is 99.5 Å². The summed E-state index contributed by atoms with van der Waals surface area (Å²) in [6, 6.07) is 12.6. The van der Waals surface area contributed by atoms with Crippen LogP contribution in [0.5, 0.6) is 0 Å². The second-order valence-electron chi connectivity index (χ2n) is 21.1. The summed E-state index contributed by atoms with van der Waals surface area (Å²) in [5.74, 6) is -0.823. The van der Waals surface area contributed by atoms with E-state index in [4.69, 9.17) is 9.47 Å². The average Bonchev–Trinajstić information content (AvgIpc) is 4.04. The minimum Gasteiger partial charge on any atom is -0.379 e. The third-order valence-electron chi connectivity index (χ3n) is 16.7. The highest BCUT2D eigenvalue weighted by Crippen LogP contribution is 2.43. The minimum atomic E-state index is -4.64. The molecule has 4 amide bonds. The highest BCUT2D eigenvalue weighted by atomic mass is 19.4. The number of amides is 4. The largest absolute Gasteiger partial charge is 0.416 e. The Labute approximate surface area is 415 Å². The number of nitrogens with one attached hydrogen (secondary N) is 1. The molecule has 1 saturated carbocycles. The maximum absolute atomic E-state index is 16.0. The van der Waals surface area contributed by atoms with Crippen molar-refractivity contribution in [3.05, 3.63) is 105 Å². The van der Waals surface area contributed by atoms with Gasteiger partial charge in [0.1, 0.15) is 18.2 Å². The van der Waals surface area contributed by atoms with Crippen LogP contribution in [0.4, 0.5) is 28.9 Å². The molecule has 0 bridgehead atoms. The van der Waals surface area contributed by atoms with Gasteiger partial charge >= 0.3 is 6.18 Å². The molecule has 2 atom stereocenters. The molecule has 0 radical (unpaired) electrons. The molecule has 1 N–H and O–H groups in total. The van der Waals surface area contributed by atoms with E-state index in [0.29, 0.717) is 74.2 Å². The van der Waals surface area contributed by atoms with Gasteiger partial charge in [0.05, 0.1) is 49.8 Å². The Kier molecular flexibility index (Phi) is 13.0. The lowest BCUT2D eigenvalue weighted by Gasteiger charge is -2.42. The molecule has 0 spiro atoms. The number of anilines is 2. The molecule has 6 aliphatic heterocycles.